The van der Waals surface area contributed by atoms with E-state index in [1.54, 1.807) is 73.8 Å². The fourth-order valence-corrected chi connectivity index (χ4v) is 3.78. The maximum atomic E-state index is 13.0. The SMILES string of the molecule is CC[C@H](Oc1ccc(N(C)S(C)(=O)=O)cc1)C(=O)Nc1cc(Cl)ccc1Oc1cccc(OC)c1. The van der Waals surface area contributed by atoms with E-state index in [-0.39, 0.29) is 5.91 Å². The Morgan fingerprint density at radius 3 is 2.34 bits per heavy atom. The number of carbonyl (C=O) groups is 1. The van der Waals surface area contributed by atoms with Crippen molar-refractivity contribution in [1.82, 2.24) is 0 Å². The van der Waals surface area contributed by atoms with Crippen molar-refractivity contribution in [1.29, 1.82) is 0 Å². The molecule has 0 unspecified atom stereocenters. The molecule has 1 amide bonds. The Bertz CT molecular complexity index is 1280. The molecule has 3 aromatic rings. The number of benzene rings is 3. The summed E-state index contributed by atoms with van der Waals surface area (Å²) in [6.07, 6.45) is 0.706. The molecular formula is C25H27ClN2O6S. The first kappa shape index (κ1) is 26.2. The minimum Gasteiger partial charge on any atom is -0.497 e. The van der Waals surface area contributed by atoms with Gasteiger partial charge in [0.05, 0.1) is 24.7 Å². The molecule has 35 heavy (non-hydrogen) atoms. The van der Waals surface area contributed by atoms with Crippen LogP contribution in [0.2, 0.25) is 5.02 Å². The molecule has 3 rings (SSSR count). The van der Waals surface area contributed by atoms with Crippen LogP contribution in [0.15, 0.2) is 66.7 Å². The number of rotatable bonds is 10. The third-order valence-corrected chi connectivity index (χ3v) is 6.55. The molecule has 0 fully saturated rings. The summed E-state index contributed by atoms with van der Waals surface area (Å²) in [6.45, 7) is 1.82. The van der Waals surface area contributed by atoms with Gasteiger partial charge in [-0.2, -0.15) is 0 Å². The standard InChI is InChI=1S/C25H27ClN2O6S/c1-5-23(33-19-12-10-18(11-13-19)28(2)35(4,30)31)25(29)27-22-15-17(26)9-14-24(22)34-21-8-6-7-20(16-21)32-3/h6-16,23H,5H2,1-4H3,(H,27,29)/t23-/m0/s1. The van der Waals surface area contributed by atoms with Gasteiger partial charge in [-0.15, -0.1) is 0 Å². The van der Waals surface area contributed by atoms with E-state index < -0.39 is 16.1 Å². The van der Waals surface area contributed by atoms with Gasteiger partial charge < -0.3 is 19.5 Å². The fourth-order valence-electron chi connectivity index (χ4n) is 3.11. The second-order valence-corrected chi connectivity index (χ2v) is 10.1. The Hall–Kier alpha value is -3.43. The zero-order chi connectivity index (χ0) is 25.6. The van der Waals surface area contributed by atoms with E-state index >= 15 is 0 Å². The number of carbonyl (C=O) groups excluding carboxylic acids is 1. The predicted octanol–water partition coefficient (Wildman–Crippen LogP) is 5.33. The lowest BCUT2D eigenvalue weighted by Crippen LogP contribution is -2.32. The number of anilines is 2. The molecule has 0 aliphatic carbocycles. The zero-order valence-electron chi connectivity index (χ0n) is 19.8. The number of ether oxygens (including phenoxy) is 3. The molecule has 0 radical (unpaired) electrons. The van der Waals surface area contributed by atoms with E-state index in [9.17, 15) is 13.2 Å². The maximum absolute atomic E-state index is 13.0. The lowest BCUT2D eigenvalue weighted by molar-refractivity contribution is -0.122. The highest BCUT2D eigenvalue weighted by Gasteiger charge is 2.21. The number of methoxy groups -OCH3 is 1. The van der Waals surface area contributed by atoms with Crippen LogP contribution in [0.5, 0.6) is 23.0 Å². The van der Waals surface area contributed by atoms with Crippen molar-refractivity contribution in [2.75, 3.05) is 30.0 Å². The van der Waals surface area contributed by atoms with Crippen molar-refractivity contribution in [2.24, 2.45) is 0 Å². The minimum absolute atomic E-state index is 0.386. The van der Waals surface area contributed by atoms with E-state index in [0.717, 1.165) is 10.6 Å². The monoisotopic (exact) mass is 518 g/mol. The summed E-state index contributed by atoms with van der Waals surface area (Å²) in [5.41, 5.74) is 0.869. The van der Waals surface area contributed by atoms with Crippen LogP contribution < -0.4 is 23.8 Å². The highest BCUT2D eigenvalue weighted by molar-refractivity contribution is 7.92. The Labute approximate surface area is 210 Å². The smallest absolute Gasteiger partial charge is 0.265 e. The van der Waals surface area contributed by atoms with Crippen molar-refractivity contribution < 1.29 is 27.4 Å². The number of halogens is 1. The Morgan fingerprint density at radius 2 is 1.71 bits per heavy atom. The average Bonchev–Trinajstić information content (AvgIpc) is 2.83. The summed E-state index contributed by atoms with van der Waals surface area (Å²) in [5.74, 6) is 1.61. The summed E-state index contributed by atoms with van der Waals surface area (Å²) in [4.78, 5) is 13.0. The molecule has 3 aromatic carbocycles. The van der Waals surface area contributed by atoms with Gasteiger partial charge in [0, 0.05) is 18.1 Å². The molecule has 0 saturated heterocycles. The van der Waals surface area contributed by atoms with Crippen LogP contribution in [0.3, 0.4) is 0 Å². The first-order valence-corrected chi connectivity index (χ1v) is 13.0. The molecular weight excluding hydrogens is 492 g/mol. The van der Waals surface area contributed by atoms with Crippen LogP contribution in [0.25, 0.3) is 0 Å². The number of hydrogen-bond donors (Lipinski definition) is 1. The third-order valence-electron chi connectivity index (χ3n) is 5.11. The maximum Gasteiger partial charge on any atom is 0.265 e. The van der Waals surface area contributed by atoms with Crippen molar-refractivity contribution in [3.8, 4) is 23.0 Å². The Kier molecular flexibility index (Phi) is 8.48. The van der Waals surface area contributed by atoms with E-state index in [2.05, 4.69) is 5.32 Å². The first-order chi connectivity index (χ1) is 16.6. The topological polar surface area (TPSA) is 94.2 Å². The predicted molar refractivity (Wildman–Crippen MR) is 138 cm³/mol. The van der Waals surface area contributed by atoms with Gasteiger partial charge in [-0.05, 0) is 61.0 Å². The van der Waals surface area contributed by atoms with Crippen LogP contribution in [0, 0.1) is 0 Å². The largest absolute Gasteiger partial charge is 0.497 e. The van der Waals surface area contributed by atoms with Gasteiger partial charge in [0.1, 0.15) is 17.2 Å². The molecule has 1 N–H and O–H groups in total. The average molecular weight is 519 g/mol. The minimum atomic E-state index is -3.38. The molecule has 0 spiro atoms. The number of sulfonamides is 1. The quantitative estimate of drug-likeness (QED) is 0.389. The van der Waals surface area contributed by atoms with Crippen LogP contribution in [-0.4, -0.2) is 40.8 Å². The molecule has 0 aromatic heterocycles. The van der Waals surface area contributed by atoms with Gasteiger partial charge in [0.2, 0.25) is 10.0 Å². The molecule has 0 saturated carbocycles. The van der Waals surface area contributed by atoms with Crippen molar-refractivity contribution in [3.63, 3.8) is 0 Å². The van der Waals surface area contributed by atoms with Crippen molar-refractivity contribution in [2.45, 2.75) is 19.4 Å². The Morgan fingerprint density at radius 1 is 1.03 bits per heavy atom. The number of nitrogens with one attached hydrogen (secondary N) is 1. The van der Waals surface area contributed by atoms with Gasteiger partial charge in [0.25, 0.3) is 5.91 Å². The highest BCUT2D eigenvalue weighted by Crippen LogP contribution is 2.33. The summed E-state index contributed by atoms with van der Waals surface area (Å²) in [7, 11) is -0.353. The molecule has 0 heterocycles. The molecule has 186 valence electrons. The van der Waals surface area contributed by atoms with Crippen molar-refractivity contribution >= 4 is 38.9 Å². The summed E-state index contributed by atoms with van der Waals surface area (Å²) >= 11 is 6.16. The third kappa shape index (κ3) is 7.03. The number of nitrogens with zero attached hydrogens (tertiary/aromatic N) is 1. The molecule has 1 atom stereocenters. The number of hydrogen-bond acceptors (Lipinski definition) is 6. The van der Waals surface area contributed by atoms with Crippen LogP contribution in [0.1, 0.15) is 13.3 Å². The van der Waals surface area contributed by atoms with Gasteiger partial charge in [-0.25, -0.2) is 8.42 Å². The lowest BCUT2D eigenvalue weighted by atomic mass is 10.2. The highest BCUT2D eigenvalue weighted by atomic mass is 35.5. The van der Waals surface area contributed by atoms with E-state index in [1.807, 2.05) is 6.92 Å². The molecule has 10 heteroatoms. The van der Waals surface area contributed by atoms with Crippen LogP contribution in [-0.2, 0) is 14.8 Å². The van der Waals surface area contributed by atoms with Gasteiger partial charge in [0.15, 0.2) is 11.9 Å². The molecule has 8 nitrogen and oxygen atoms in total. The molecule has 0 aliphatic rings. The second-order valence-electron chi connectivity index (χ2n) is 7.65. The summed E-state index contributed by atoms with van der Waals surface area (Å²) in [5, 5.41) is 3.26. The normalized spacial score (nSPS) is 11.9. The molecule has 0 aliphatic heterocycles. The van der Waals surface area contributed by atoms with Crippen LogP contribution in [0.4, 0.5) is 11.4 Å². The zero-order valence-corrected chi connectivity index (χ0v) is 21.4. The second kappa shape index (κ2) is 11.3. The van der Waals surface area contributed by atoms with E-state index in [0.29, 0.717) is 45.8 Å². The van der Waals surface area contributed by atoms with E-state index in [1.165, 1.54) is 7.05 Å². The van der Waals surface area contributed by atoms with E-state index in [4.69, 9.17) is 25.8 Å². The first-order valence-electron chi connectivity index (χ1n) is 10.7. The van der Waals surface area contributed by atoms with Gasteiger partial charge in [-0.3, -0.25) is 9.10 Å². The molecule has 0 bridgehead atoms. The Balaban J connectivity index is 1.75. The summed E-state index contributed by atoms with van der Waals surface area (Å²) in [6, 6.07) is 18.5. The van der Waals surface area contributed by atoms with Crippen LogP contribution >= 0.6 is 11.6 Å². The fraction of sp³-hybridized carbons (Fsp3) is 0.240. The van der Waals surface area contributed by atoms with Crippen molar-refractivity contribution in [3.05, 3.63) is 71.8 Å². The lowest BCUT2D eigenvalue weighted by Gasteiger charge is -2.20. The summed E-state index contributed by atoms with van der Waals surface area (Å²) < 4.78 is 41.6. The van der Waals surface area contributed by atoms with Gasteiger partial charge >= 0.3 is 0 Å². The van der Waals surface area contributed by atoms with Gasteiger partial charge in [-0.1, -0.05) is 24.6 Å². The number of amides is 1.